The van der Waals surface area contributed by atoms with Gasteiger partial charge in [0.15, 0.2) is 0 Å². The Labute approximate surface area is 127 Å². The summed E-state index contributed by atoms with van der Waals surface area (Å²) in [5.41, 5.74) is 7.08. The van der Waals surface area contributed by atoms with Crippen LogP contribution in [0.15, 0.2) is 60.2 Å². The van der Waals surface area contributed by atoms with Crippen LogP contribution in [0.4, 0.5) is 0 Å². The average molecular weight is 290 g/mol. The maximum absolute atomic E-state index is 4.26. The molecule has 0 fully saturated rings. The van der Waals surface area contributed by atoms with Gasteiger partial charge in [0, 0.05) is 4.88 Å². The van der Waals surface area contributed by atoms with E-state index in [0.29, 0.717) is 0 Å². The number of aromatic amines is 1. The Kier molecular flexibility index (Phi) is 2.86. The molecule has 3 heteroatoms. The fourth-order valence-corrected chi connectivity index (χ4v) is 3.28. The van der Waals surface area contributed by atoms with Crippen LogP contribution in [0.2, 0.25) is 0 Å². The Hall–Kier alpha value is -2.39. The lowest BCUT2D eigenvalue weighted by atomic mass is 10.0. The molecule has 21 heavy (non-hydrogen) atoms. The van der Waals surface area contributed by atoms with E-state index in [1.165, 1.54) is 27.1 Å². The van der Waals surface area contributed by atoms with E-state index in [0.717, 1.165) is 11.0 Å². The van der Waals surface area contributed by atoms with E-state index in [1.54, 1.807) is 17.7 Å². The first-order valence-electron chi connectivity index (χ1n) is 6.89. The first-order chi connectivity index (χ1) is 10.3. The molecule has 0 radical (unpaired) electrons. The van der Waals surface area contributed by atoms with Crippen LogP contribution in [0.5, 0.6) is 0 Å². The number of fused-ring (bicyclic) bond motifs is 1. The number of rotatable bonds is 2. The zero-order chi connectivity index (χ0) is 14.2. The van der Waals surface area contributed by atoms with Gasteiger partial charge in [0.2, 0.25) is 0 Å². The van der Waals surface area contributed by atoms with E-state index in [1.807, 2.05) is 0 Å². The summed E-state index contributed by atoms with van der Waals surface area (Å²) in [5, 5.41) is 2.21. The van der Waals surface area contributed by atoms with Crippen LogP contribution in [0.25, 0.3) is 33.3 Å². The van der Waals surface area contributed by atoms with Gasteiger partial charge in [0.25, 0.3) is 0 Å². The molecule has 0 saturated carbocycles. The van der Waals surface area contributed by atoms with Crippen molar-refractivity contribution < 1.29 is 0 Å². The van der Waals surface area contributed by atoms with Gasteiger partial charge in [-0.2, -0.15) is 0 Å². The monoisotopic (exact) mass is 290 g/mol. The van der Waals surface area contributed by atoms with E-state index in [4.69, 9.17) is 0 Å². The number of hydrogen-bond acceptors (Lipinski definition) is 2. The lowest BCUT2D eigenvalue weighted by molar-refractivity contribution is 1.34. The molecule has 0 unspecified atom stereocenters. The molecule has 0 aliphatic rings. The summed E-state index contributed by atoms with van der Waals surface area (Å²) in [5.74, 6) is 0. The van der Waals surface area contributed by atoms with Crippen LogP contribution in [0.3, 0.4) is 0 Å². The molecule has 0 bridgehead atoms. The molecule has 0 atom stereocenters. The summed E-state index contributed by atoms with van der Waals surface area (Å²) >= 11 is 1.79. The third-order valence-electron chi connectivity index (χ3n) is 3.70. The fourth-order valence-electron chi connectivity index (χ4n) is 2.57. The van der Waals surface area contributed by atoms with Crippen LogP contribution < -0.4 is 0 Å². The topological polar surface area (TPSA) is 28.7 Å². The predicted octanol–water partition coefficient (Wildman–Crippen LogP) is 5.27. The number of aryl methyl sites for hydroxylation is 1. The molecule has 0 saturated heterocycles. The average Bonchev–Trinajstić information content (AvgIpc) is 3.15. The summed E-state index contributed by atoms with van der Waals surface area (Å²) in [6, 6.07) is 17.3. The Morgan fingerprint density at radius 1 is 0.857 bits per heavy atom. The quantitative estimate of drug-likeness (QED) is 0.535. The lowest BCUT2D eigenvalue weighted by Crippen LogP contribution is -1.80. The molecule has 2 aromatic carbocycles. The smallest absolute Gasteiger partial charge is 0.0931 e. The van der Waals surface area contributed by atoms with E-state index in [2.05, 4.69) is 70.8 Å². The molecule has 2 nitrogen and oxygen atoms in total. The molecule has 2 aromatic heterocycles. The van der Waals surface area contributed by atoms with Crippen molar-refractivity contribution in [3.63, 3.8) is 0 Å². The maximum atomic E-state index is 4.26. The fraction of sp³-hybridized carbons (Fsp3) is 0.0556. The second kappa shape index (κ2) is 4.86. The molecule has 0 aliphatic heterocycles. The standard InChI is InChI=1S/C18H14N2S/c1-12-8-16(10-21-12)14-4-2-13(3-5-14)15-6-7-17-18(9-15)20-11-19-17/h2-11H,1H3,(H,19,20). The Morgan fingerprint density at radius 2 is 1.57 bits per heavy atom. The number of nitrogens with zero attached hydrogens (tertiary/aromatic N) is 1. The molecule has 0 spiro atoms. The normalized spacial score (nSPS) is 11.1. The SMILES string of the molecule is Cc1cc(-c2ccc(-c3ccc4nc[nH]c4c3)cc2)cs1. The van der Waals surface area contributed by atoms with Crippen molar-refractivity contribution in [1.29, 1.82) is 0 Å². The van der Waals surface area contributed by atoms with Crippen LogP contribution in [0.1, 0.15) is 4.88 Å². The van der Waals surface area contributed by atoms with Gasteiger partial charge in [0.1, 0.15) is 0 Å². The minimum absolute atomic E-state index is 1.00. The Bertz CT molecular complexity index is 900. The number of H-pyrrole nitrogens is 1. The summed E-state index contributed by atoms with van der Waals surface area (Å²) < 4.78 is 0. The summed E-state index contributed by atoms with van der Waals surface area (Å²) in [6.45, 7) is 2.14. The summed E-state index contributed by atoms with van der Waals surface area (Å²) in [6.07, 6.45) is 1.73. The summed E-state index contributed by atoms with van der Waals surface area (Å²) in [4.78, 5) is 8.76. The van der Waals surface area contributed by atoms with Crippen LogP contribution in [-0.4, -0.2) is 9.97 Å². The third-order valence-corrected chi connectivity index (χ3v) is 4.56. The second-order valence-corrected chi connectivity index (χ2v) is 6.27. The van der Waals surface area contributed by atoms with E-state index >= 15 is 0 Å². The molecule has 0 amide bonds. The minimum Gasteiger partial charge on any atom is -0.345 e. The second-order valence-electron chi connectivity index (χ2n) is 5.16. The van der Waals surface area contributed by atoms with Crippen molar-refractivity contribution in [3.8, 4) is 22.3 Å². The number of nitrogens with one attached hydrogen (secondary N) is 1. The highest BCUT2D eigenvalue weighted by molar-refractivity contribution is 7.10. The number of hydrogen-bond donors (Lipinski definition) is 1. The molecular weight excluding hydrogens is 276 g/mol. The zero-order valence-electron chi connectivity index (χ0n) is 11.6. The van der Waals surface area contributed by atoms with Gasteiger partial charge in [0.05, 0.1) is 17.4 Å². The van der Waals surface area contributed by atoms with Crippen molar-refractivity contribution in [1.82, 2.24) is 9.97 Å². The highest BCUT2D eigenvalue weighted by Gasteiger charge is 2.03. The van der Waals surface area contributed by atoms with Crippen LogP contribution in [-0.2, 0) is 0 Å². The van der Waals surface area contributed by atoms with Crippen molar-refractivity contribution in [3.05, 3.63) is 65.1 Å². The van der Waals surface area contributed by atoms with E-state index in [9.17, 15) is 0 Å². The molecule has 4 aromatic rings. The third kappa shape index (κ3) is 2.26. The first-order valence-corrected chi connectivity index (χ1v) is 7.77. The van der Waals surface area contributed by atoms with Crippen molar-refractivity contribution in [2.24, 2.45) is 0 Å². The molecule has 102 valence electrons. The van der Waals surface area contributed by atoms with Gasteiger partial charge in [-0.15, -0.1) is 11.3 Å². The predicted molar refractivity (Wildman–Crippen MR) is 89.6 cm³/mol. The maximum Gasteiger partial charge on any atom is 0.0931 e. The van der Waals surface area contributed by atoms with Gasteiger partial charge in [-0.05, 0) is 52.8 Å². The number of imidazole rings is 1. The molecular formula is C18H14N2S. The van der Waals surface area contributed by atoms with Gasteiger partial charge >= 0.3 is 0 Å². The van der Waals surface area contributed by atoms with E-state index in [-0.39, 0.29) is 0 Å². The van der Waals surface area contributed by atoms with E-state index < -0.39 is 0 Å². The zero-order valence-corrected chi connectivity index (χ0v) is 12.4. The highest BCUT2D eigenvalue weighted by Crippen LogP contribution is 2.28. The van der Waals surface area contributed by atoms with Gasteiger partial charge in [-0.1, -0.05) is 30.3 Å². The van der Waals surface area contributed by atoms with Crippen LogP contribution in [0, 0.1) is 6.92 Å². The van der Waals surface area contributed by atoms with Crippen molar-refractivity contribution in [2.45, 2.75) is 6.92 Å². The van der Waals surface area contributed by atoms with Crippen LogP contribution >= 0.6 is 11.3 Å². The first kappa shape index (κ1) is 12.4. The van der Waals surface area contributed by atoms with Gasteiger partial charge in [-0.3, -0.25) is 0 Å². The Balaban J connectivity index is 1.72. The molecule has 2 heterocycles. The molecule has 0 aliphatic carbocycles. The largest absolute Gasteiger partial charge is 0.345 e. The van der Waals surface area contributed by atoms with Gasteiger partial charge < -0.3 is 4.98 Å². The van der Waals surface area contributed by atoms with Gasteiger partial charge in [-0.25, -0.2) is 4.98 Å². The Morgan fingerprint density at radius 3 is 2.29 bits per heavy atom. The lowest BCUT2D eigenvalue weighted by Gasteiger charge is -2.04. The van der Waals surface area contributed by atoms with Crippen molar-refractivity contribution >= 4 is 22.4 Å². The molecule has 4 rings (SSSR count). The summed E-state index contributed by atoms with van der Waals surface area (Å²) in [7, 11) is 0. The highest BCUT2D eigenvalue weighted by atomic mass is 32.1. The number of thiophene rings is 1. The van der Waals surface area contributed by atoms with Crippen molar-refractivity contribution in [2.75, 3.05) is 0 Å². The number of benzene rings is 2. The molecule has 1 N–H and O–H groups in total. The number of aromatic nitrogens is 2. The minimum atomic E-state index is 1.00.